The van der Waals surface area contributed by atoms with Gasteiger partial charge in [-0.05, 0) is 97.1 Å². The number of benzene rings is 6. The summed E-state index contributed by atoms with van der Waals surface area (Å²) < 4.78 is 131. The number of ketones is 1. The Morgan fingerprint density at radius 1 is 0.609 bits per heavy atom. The van der Waals surface area contributed by atoms with Crippen LogP contribution in [0.5, 0.6) is 5.88 Å². The van der Waals surface area contributed by atoms with Crippen molar-refractivity contribution in [1.29, 1.82) is 0 Å². The normalized spacial score (nSPS) is 12.5. The van der Waals surface area contributed by atoms with Gasteiger partial charge in [0, 0.05) is 74.7 Å². The van der Waals surface area contributed by atoms with E-state index in [1.54, 1.807) is 54.6 Å². The number of sulfone groups is 1. The number of rotatable bonds is 14. The van der Waals surface area contributed by atoms with Crippen molar-refractivity contribution in [2.24, 2.45) is 10.2 Å². The summed E-state index contributed by atoms with van der Waals surface area (Å²) in [6, 6.07) is 30.8. The number of nitrogens with one attached hydrogen (secondary N) is 2. The maximum atomic E-state index is 14.7. The summed E-state index contributed by atoms with van der Waals surface area (Å²) in [7, 11) is -18.6. The number of fused-ring (bicyclic) bond motifs is 20. The monoisotopic (exact) mass is 1290 g/mol. The van der Waals surface area contributed by atoms with Gasteiger partial charge in [0.15, 0.2) is 21.3 Å². The molecule has 0 saturated heterocycles. The Morgan fingerprint density at radius 2 is 1.14 bits per heavy atom. The zero-order valence-electron chi connectivity index (χ0n) is 45.0. The SMILES string of the molecule is CCn1c(O)c(C(C)=O)c(C)c(N=Nc2cc(NCCS(=O)(=O)c3ccc(NS(=O)(=O)c4cccc5c4-c4nc-5nc5[n-]c(nc6nc(nc7[n-]c(n4)c4cccc(S(=O)(=O)O)c74)-c4ccccc4-6)c4ccccc54)cc3)ccc2S(=O)(=O)O)c1=O.[Cu+2]. The smallest absolute Gasteiger partial charge is 0.494 e. The number of aromatic nitrogens is 9. The first-order chi connectivity index (χ1) is 40.9. The fourth-order valence-corrected chi connectivity index (χ4v) is 13.8. The van der Waals surface area contributed by atoms with Gasteiger partial charge in [0.2, 0.25) is 5.88 Å². The summed E-state index contributed by atoms with van der Waals surface area (Å²) in [4.78, 5) is 62.0. The second-order valence-corrected chi connectivity index (χ2v) is 26.0. The summed E-state index contributed by atoms with van der Waals surface area (Å²) in [5, 5.41) is 22.4. The van der Waals surface area contributed by atoms with Gasteiger partial charge in [0.1, 0.15) is 15.5 Å². The molecular weight excluding hydrogens is 1250 g/mol. The van der Waals surface area contributed by atoms with E-state index in [0.29, 0.717) is 21.9 Å². The van der Waals surface area contributed by atoms with Crippen LogP contribution in [0.2, 0.25) is 0 Å². The number of sulfonamides is 1. The summed E-state index contributed by atoms with van der Waals surface area (Å²) in [5.41, 5.74) is -0.569. The molecule has 0 unspecified atom stereocenters. The Hall–Kier alpha value is -9.46. The largest absolute Gasteiger partial charge is 2.00 e. The fourth-order valence-electron chi connectivity index (χ4n) is 10.1. The number of azo groups is 1. The summed E-state index contributed by atoms with van der Waals surface area (Å²) in [5.74, 6) is -1.63. The van der Waals surface area contributed by atoms with Crippen molar-refractivity contribution < 1.29 is 69.7 Å². The predicted molar refractivity (Wildman–Crippen MR) is 315 cm³/mol. The van der Waals surface area contributed by atoms with Crippen LogP contribution in [0.15, 0.2) is 162 Å². The van der Waals surface area contributed by atoms with Crippen LogP contribution < -0.4 is 25.6 Å². The van der Waals surface area contributed by atoms with Crippen LogP contribution >= 0.6 is 0 Å². The van der Waals surface area contributed by atoms with E-state index in [4.69, 9.17) is 34.9 Å². The Bertz CT molecular complexity index is 5370. The van der Waals surface area contributed by atoms with Gasteiger partial charge < -0.3 is 40.3 Å². The van der Waals surface area contributed by atoms with Gasteiger partial charge in [0.25, 0.3) is 35.8 Å². The van der Waals surface area contributed by atoms with Crippen LogP contribution in [-0.4, -0.2) is 100 Å². The van der Waals surface area contributed by atoms with Crippen LogP contribution in [-0.2, 0) is 63.7 Å². The molecule has 26 nitrogen and oxygen atoms in total. The molecule has 5 N–H and O–H groups in total. The molecule has 31 heteroatoms. The first-order valence-corrected chi connectivity index (χ1v) is 31.7. The van der Waals surface area contributed by atoms with Crippen molar-refractivity contribution >= 4 is 113 Å². The van der Waals surface area contributed by atoms with Gasteiger partial charge in [0.05, 0.1) is 44.4 Å². The maximum Gasteiger partial charge on any atom is 2.00 e. The standard InChI is InChI=1S/C56H42N13O13S4.Cu/c1-4-69-55(71)43(29(3)70)28(2)46(56(69)72)67-66-39-27-31(21-24-40(39)85(77,78)79)57-25-26-83(73,74)32-22-19-30(20-23-32)68-84(75,76)41-17-9-15-37-44(41)53-63-51(37)61-49-34-12-6-5-11-33(34)47(59-49)58-48-35-13-7-8-14-36(35)50(60-48)62-54-45-38(52(64-53)65-54)16-10-18-42(45)86(80,81)82;/h5-24,27,57,68H,4,25-26H2,1-3H3,(H4-,58,59,60,61,62,63,64,65,66,67,70,71,72,77,78,79,80,81,82);/q-1;+2/p-1. The summed E-state index contributed by atoms with van der Waals surface area (Å²) in [6.07, 6.45) is 0. The third-order valence-corrected chi connectivity index (χ3v) is 19.0. The molecule has 2 aliphatic heterocycles. The number of hydrogen-bond acceptors (Lipinski definition) is 20. The van der Waals surface area contributed by atoms with Gasteiger partial charge in [-0.15, -0.1) is 10.2 Å². The number of aromatic hydroxyl groups is 1. The van der Waals surface area contributed by atoms with E-state index >= 15 is 0 Å². The van der Waals surface area contributed by atoms with Crippen LogP contribution in [0.1, 0.15) is 29.8 Å². The number of Topliss-reactive ketones (excluding diaryl/α,β-unsaturated/α-hetero) is 1. The Balaban J connectivity index is 0.00000784. The maximum absolute atomic E-state index is 14.7. The number of pyridine rings is 1. The molecular formula is C56H41CuN13O13S4. The van der Waals surface area contributed by atoms with Gasteiger partial charge in [-0.25, -0.2) is 26.8 Å². The van der Waals surface area contributed by atoms with E-state index in [-0.39, 0.29) is 136 Å². The van der Waals surface area contributed by atoms with Crippen molar-refractivity contribution in [3.63, 3.8) is 0 Å². The summed E-state index contributed by atoms with van der Waals surface area (Å²) in [6.45, 7) is 3.72. The number of nitrogens with zero attached hydrogens (tertiary/aromatic N) is 11. The van der Waals surface area contributed by atoms with Gasteiger partial charge in [-0.2, -0.15) is 16.8 Å². The van der Waals surface area contributed by atoms with Crippen LogP contribution in [0.3, 0.4) is 0 Å². The second kappa shape index (κ2) is 22.1. The van der Waals surface area contributed by atoms with Gasteiger partial charge >= 0.3 is 17.1 Å². The number of anilines is 2. The number of hydrogen-bond donors (Lipinski definition) is 5. The summed E-state index contributed by atoms with van der Waals surface area (Å²) >= 11 is 0. The van der Waals surface area contributed by atoms with E-state index in [0.717, 1.165) is 16.7 Å². The van der Waals surface area contributed by atoms with E-state index in [9.17, 15) is 57.5 Å². The second-order valence-electron chi connectivity index (χ2n) is 19.4. The average molecular weight is 1300 g/mol. The Morgan fingerprint density at radius 3 is 1.77 bits per heavy atom. The van der Waals surface area contributed by atoms with Gasteiger partial charge in [-0.3, -0.25) is 28.0 Å². The van der Waals surface area contributed by atoms with Crippen LogP contribution in [0.25, 0.3) is 89.7 Å². The number of carbonyl (C=O) groups excluding carboxylic acids is 1. The van der Waals surface area contributed by atoms with E-state index in [1.165, 1.54) is 81.4 Å². The van der Waals surface area contributed by atoms with Crippen LogP contribution in [0, 0.1) is 6.92 Å². The average Bonchev–Trinajstić information content (AvgIpc) is 2.06. The molecule has 10 aromatic rings. The molecule has 12 rings (SSSR count). The van der Waals surface area contributed by atoms with Crippen molar-refractivity contribution in [2.45, 2.75) is 46.9 Å². The molecule has 0 fully saturated rings. The molecule has 443 valence electrons. The van der Waals surface area contributed by atoms with E-state index in [1.807, 2.05) is 0 Å². The number of carbonyl (C=O) groups is 1. The molecule has 0 atom stereocenters. The molecule has 0 amide bonds. The first-order valence-electron chi connectivity index (χ1n) is 25.6. The molecule has 6 heterocycles. The topological polar surface area (TPSA) is 391 Å². The molecule has 0 aliphatic carbocycles. The third kappa shape index (κ3) is 10.8. The molecule has 6 aromatic carbocycles. The third-order valence-electron chi connectivity index (χ3n) is 14.0. The van der Waals surface area contributed by atoms with E-state index in [2.05, 4.69) is 25.3 Å². The minimum absolute atomic E-state index is 0. The molecule has 8 bridgehead atoms. The zero-order valence-corrected chi connectivity index (χ0v) is 49.2. The van der Waals surface area contributed by atoms with Crippen LogP contribution in [0.4, 0.5) is 22.7 Å². The van der Waals surface area contributed by atoms with Crippen molar-refractivity contribution in [3.8, 4) is 51.4 Å². The molecule has 1 radical (unpaired) electrons. The minimum atomic E-state index is -4.93. The predicted octanol–water partition coefficient (Wildman–Crippen LogP) is 8.12. The molecule has 2 aliphatic rings. The molecule has 0 spiro atoms. The molecule has 87 heavy (non-hydrogen) atoms. The van der Waals surface area contributed by atoms with E-state index < -0.39 is 78.6 Å². The van der Waals surface area contributed by atoms with Crippen molar-refractivity contribution in [1.82, 2.24) is 44.4 Å². The minimum Gasteiger partial charge on any atom is -0.494 e. The Kier molecular flexibility index (Phi) is 15.1. The van der Waals surface area contributed by atoms with Gasteiger partial charge in [-0.1, -0.05) is 72.8 Å². The first kappa shape index (κ1) is 59.3. The fraction of sp³-hybridized carbons (Fsp3) is 0.107. The Labute approximate surface area is 503 Å². The molecule has 0 saturated carbocycles. The quantitative estimate of drug-likeness (QED) is 0.0297. The van der Waals surface area contributed by atoms with Crippen molar-refractivity contribution in [3.05, 3.63) is 149 Å². The van der Waals surface area contributed by atoms with Crippen molar-refractivity contribution in [2.75, 3.05) is 22.3 Å². The zero-order chi connectivity index (χ0) is 60.8. The molecule has 4 aromatic heterocycles.